The van der Waals surface area contributed by atoms with Crippen molar-refractivity contribution in [2.75, 3.05) is 29.2 Å². The van der Waals surface area contributed by atoms with Crippen LogP contribution in [-0.4, -0.2) is 29.6 Å². The summed E-state index contributed by atoms with van der Waals surface area (Å²) < 4.78 is 0. The molecule has 5 N–H and O–H groups in total. The second-order valence-electron chi connectivity index (χ2n) is 6.53. The molecule has 0 spiro atoms. The quantitative estimate of drug-likeness (QED) is 0.541. The molecule has 1 aromatic heterocycles. The molecule has 0 atom stereocenters. The summed E-state index contributed by atoms with van der Waals surface area (Å²) in [6, 6.07) is 8.48. The number of nitrogens with one attached hydrogen (secondary N) is 3. The van der Waals surface area contributed by atoms with Crippen molar-refractivity contribution in [2.24, 2.45) is 5.73 Å². The van der Waals surface area contributed by atoms with Gasteiger partial charge in [-0.2, -0.15) is 4.98 Å². The Kier molecular flexibility index (Phi) is 6.25. The fraction of sp³-hybridized carbons (Fsp3) is 0.474. The lowest BCUT2D eigenvalue weighted by Gasteiger charge is -2.31. The highest BCUT2D eigenvalue weighted by Crippen LogP contribution is 2.31. The number of nitrogens with zero attached hydrogens (tertiary/aromatic N) is 3. The number of rotatable bonds is 8. The highest BCUT2D eigenvalue weighted by Gasteiger charge is 2.26. The molecule has 26 heavy (non-hydrogen) atoms. The molecule has 7 heteroatoms. The smallest absolute Gasteiger partial charge is 0.229 e. The molecule has 7 nitrogen and oxygen atoms in total. The molecular formula is C19H29N7. The monoisotopic (exact) mass is 355 g/mol. The van der Waals surface area contributed by atoms with E-state index in [9.17, 15) is 0 Å². The third-order valence-corrected chi connectivity index (χ3v) is 4.73. The Balaban J connectivity index is 1.86. The maximum atomic E-state index is 5.66. The molecule has 3 rings (SSSR count). The molecule has 0 saturated heterocycles. The zero-order valence-corrected chi connectivity index (χ0v) is 15.6. The van der Waals surface area contributed by atoms with Crippen molar-refractivity contribution >= 4 is 23.1 Å². The third-order valence-electron chi connectivity index (χ3n) is 4.73. The summed E-state index contributed by atoms with van der Waals surface area (Å²) in [5, 5.41) is 8.72. The number of aromatic nitrogens is 2. The average molecular weight is 355 g/mol. The van der Waals surface area contributed by atoms with E-state index >= 15 is 0 Å². The molecule has 0 radical (unpaired) electrons. The minimum Gasteiger partial charge on any atom is -0.384 e. The molecule has 140 valence electrons. The molecule has 1 aliphatic rings. The highest BCUT2D eigenvalue weighted by molar-refractivity contribution is 5.67. The molecule has 1 heterocycles. The maximum Gasteiger partial charge on any atom is 0.229 e. The molecular weight excluding hydrogens is 326 g/mol. The van der Waals surface area contributed by atoms with Crippen molar-refractivity contribution < 1.29 is 0 Å². The first-order chi connectivity index (χ1) is 12.7. The lowest BCUT2D eigenvalue weighted by molar-refractivity contribution is 0.524. The molecule has 0 amide bonds. The Morgan fingerprint density at radius 3 is 2.54 bits per heavy atom. The second-order valence-corrected chi connectivity index (χ2v) is 6.53. The van der Waals surface area contributed by atoms with E-state index in [-0.39, 0.29) is 0 Å². The van der Waals surface area contributed by atoms with E-state index in [1.807, 2.05) is 37.5 Å². The van der Waals surface area contributed by atoms with Gasteiger partial charge in [0.2, 0.25) is 5.95 Å². The lowest BCUT2D eigenvalue weighted by atomic mass is 10.2. The predicted octanol–water partition coefficient (Wildman–Crippen LogP) is 2.99. The van der Waals surface area contributed by atoms with E-state index < -0.39 is 0 Å². The molecule has 0 unspecified atom stereocenters. The predicted molar refractivity (Wildman–Crippen MR) is 108 cm³/mol. The fourth-order valence-electron chi connectivity index (χ4n) is 3.36. The van der Waals surface area contributed by atoms with Crippen molar-refractivity contribution in [2.45, 2.75) is 45.2 Å². The van der Waals surface area contributed by atoms with Gasteiger partial charge in [-0.25, -0.2) is 10.4 Å². The van der Waals surface area contributed by atoms with E-state index in [0.717, 1.165) is 29.3 Å². The van der Waals surface area contributed by atoms with Gasteiger partial charge in [-0.3, -0.25) is 5.01 Å². The molecule has 2 aromatic rings. The van der Waals surface area contributed by atoms with E-state index in [0.29, 0.717) is 18.5 Å². The number of anilines is 4. The van der Waals surface area contributed by atoms with Gasteiger partial charge < -0.3 is 16.4 Å². The molecule has 1 aliphatic carbocycles. The number of benzene rings is 1. The first-order valence-corrected chi connectivity index (χ1v) is 9.38. The summed E-state index contributed by atoms with van der Waals surface area (Å²) >= 11 is 0. The zero-order chi connectivity index (χ0) is 18.4. The fourth-order valence-corrected chi connectivity index (χ4v) is 3.36. The van der Waals surface area contributed by atoms with Gasteiger partial charge in [0.15, 0.2) is 5.82 Å². The van der Waals surface area contributed by atoms with Crippen molar-refractivity contribution in [3.05, 3.63) is 36.0 Å². The van der Waals surface area contributed by atoms with Crippen LogP contribution in [0.2, 0.25) is 0 Å². The SMILES string of the molecule is CCNN(c1nc(Nc2ccc(CN)cc2)ncc1NC)C1CCCC1. The average Bonchev–Trinajstić information content (AvgIpc) is 3.21. The van der Waals surface area contributed by atoms with Crippen LogP contribution in [0.5, 0.6) is 0 Å². The maximum absolute atomic E-state index is 5.66. The van der Waals surface area contributed by atoms with E-state index in [2.05, 4.69) is 33.0 Å². The van der Waals surface area contributed by atoms with Gasteiger partial charge >= 0.3 is 0 Å². The van der Waals surface area contributed by atoms with Gasteiger partial charge in [0.05, 0.1) is 11.9 Å². The summed E-state index contributed by atoms with van der Waals surface area (Å²) in [4.78, 5) is 9.25. The Hall–Kier alpha value is -2.38. The van der Waals surface area contributed by atoms with Crippen LogP contribution in [0.3, 0.4) is 0 Å². The summed E-state index contributed by atoms with van der Waals surface area (Å²) in [6.45, 7) is 3.50. The summed E-state index contributed by atoms with van der Waals surface area (Å²) in [6.07, 6.45) is 6.74. The van der Waals surface area contributed by atoms with Crippen LogP contribution in [0.4, 0.5) is 23.1 Å². The molecule has 0 aliphatic heterocycles. The van der Waals surface area contributed by atoms with Crippen LogP contribution in [0, 0.1) is 0 Å². The number of hydrazine groups is 1. The van der Waals surface area contributed by atoms with Gasteiger partial charge in [0.25, 0.3) is 0 Å². The van der Waals surface area contributed by atoms with Crippen LogP contribution >= 0.6 is 0 Å². The van der Waals surface area contributed by atoms with E-state index in [1.165, 1.54) is 25.7 Å². The topological polar surface area (TPSA) is 91.1 Å². The second kappa shape index (κ2) is 8.82. The first kappa shape index (κ1) is 18.4. The largest absolute Gasteiger partial charge is 0.384 e. The minimum atomic E-state index is 0.466. The molecule has 1 aromatic carbocycles. The number of hydrogen-bond acceptors (Lipinski definition) is 7. The Labute approximate surface area is 155 Å². The van der Waals surface area contributed by atoms with Gasteiger partial charge in [-0.15, -0.1) is 0 Å². The Morgan fingerprint density at radius 2 is 1.92 bits per heavy atom. The van der Waals surface area contributed by atoms with Gasteiger partial charge in [0.1, 0.15) is 0 Å². The Bertz CT molecular complexity index is 696. The van der Waals surface area contributed by atoms with E-state index in [4.69, 9.17) is 10.7 Å². The van der Waals surface area contributed by atoms with E-state index in [1.54, 1.807) is 0 Å². The van der Waals surface area contributed by atoms with Gasteiger partial charge in [0, 0.05) is 31.9 Å². The zero-order valence-electron chi connectivity index (χ0n) is 15.6. The van der Waals surface area contributed by atoms with Crippen LogP contribution in [0.1, 0.15) is 38.2 Å². The van der Waals surface area contributed by atoms with Crippen LogP contribution < -0.4 is 26.8 Å². The van der Waals surface area contributed by atoms with Crippen LogP contribution in [0.15, 0.2) is 30.5 Å². The number of hydrogen-bond donors (Lipinski definition) is 4. The van der Waals surface area contributed by atoms with Crippen LogP contribution in [0.25, 0.3) is 0 Å². The van der Waals surface area contributed by atoms with Crippen molar-refractivity contribution in [3.8, 4) is 0 Å². The normalized spacial score (nSPS) is 14.4. The standard InChI is InChI=1S/C19H29N7/c1-3-23-26(16-6-4-5-7-16)18-17(21-2)13-22-19(25-18)24-15-10-8-14(12-20)9-11-15/h8-11,13,16,21,23H,3-7,12,20H2,1-2H3,(H,22,24,25). The van der Waals surface area contributed by atoms with Crippen molar-refractivity contribution in [1.29, 1.82) is 0 Å². The summed E-state index contributed by atoms with van der Waals surface area (Å²) in [5.74, 6) is 1.47. The molecule has 0 bridgehead atoms. The number of nitrogens with two attached hydrogens (primary N) is 1. The van der Waals surface area contributed by atoms with Crippen LogP contribution in [-0.2, 0) is 6.54 Å². The van der Waals surface area contributed by atoms with Crippen molar-refractivity contribution in [3.63, 3.8) is 0 Å². The first-order valence-electron chi connectivity index (χ1n) is 9.38. The Morgan fingerprint density at radius 1 is 1.19 bits per heavy atom. The van der Waals surface area contributed by atoms with Crippen molar-refractivity contribution in [1.82, 2.24) is 15.4 Å². The third kappa shape index (κ3) is 4.23. The van der Waals surface area contributed by atoms with Gasteiger partial charge in [-0.05, 0) is 30.5 Å². The highest BCUT2D eigenvalue weighted by atomic mass is 15.5. The minimum absolute atomic E-state index is 0.466. The molecule has 1 saturated carbocycles. The van der Waals surface area contributed by atoms with Gasteiger partial charge in [-0.1, -0.05) is 31.9 Å². The molecule has 1 fully saturated rings. The summed E-state index contributed by atoms with van der Waals surface area (Å²) in [7, 11) is 1.90. The lowest BCUT2D eigenvalue weighted by Crippen LogP contribution is -2.45. The summed E-state index contributed by atoms with van der Waals surface area (Å²) in [5.41, 5.74) is 12.1.